The first-order chi connectivity index (χ1) is 14.2. The number of benzene rings is 4. The van der Waals surface area contributed by atoms with Crippen molar-refractivity contribution in [1.82, 2.24) is 0 Å². The molecule has 0 heterocycles. The Balaban J connectivity index is 0.000000249. The van der Waals surface area contributed by atoms with Gasteiger partial charge < -0.3 is 6.42 Å². The summed E-state index contributed by atoms with van der Waals surface area (Å²) in [5, 5.41) is 4.31. The predicted octanol–water partition coefficient (Wildman–Crippen LogP) is 5.08. The standard InChI is InChI=1S/C18H15P.C8H3F2.Au/c1-4-10-16(11-5-1)19(17-12-6-2-7-13-17)18-14-8-3-9-15-18;1-2-6-3-4-7(9)5-8(6)10;/h1-15H;3-5H;/q;-1;+1/p+1. The van der Waals surface area contributed by atoms with Gasteiger partial charge in [-0.1, -0.05) is 60.2 Å². The van der Waals surface area contributed by atoms with E-state index in [1.807, 2.05) is 5.92 Å². The van der Waals surface area contributed by atoms with Gasteiger partial charge in [-0.3, -0.25) is 5.92 Å². The van der Waals surface area contributed by atoms with Crippen LogP contribution in [0.25, 0.3) is 0 Å². The normalized spacial score (nSPS) is 9.67. The zero-order chi connectivity index (χ0) is 20.5. The van der Waals surface area contributed by atoms with Gasteiger partial charge in [0.05, 0.1) is 13.7 Å². The summed E-state index contributed by atoms with van der Waals surface area (Å²) < 4.78 is 24.6. The Hall–Kier alpha value is -2.53. The third kappa shape index (κ3) is 6.49. The number of hydrogen-bond acceptors (Lipinski definition) is 0. The minimum atomic E-state index is -0.877. The van der Waals surface area contributed by atoms with E-state index >= 15 is 0 Å². The van der Waals surface area contributed by atoms with E-state index in [4.69, 9.17) is 6.42 Å². The molecule has 0 saturated carbocycles. The first-order valence-electron chi connectivity index (χ1n) is 9.10. The second-order valence-electron chi connectivity index (χ2n) is 6.22. The summed E-state index contributed by atoms with van der Waals surface area (Å²) in [5.41, 5.74) is -0.0265. The molecule has 4 aromatic carbocycles. The summed E-state index contributed by atoms with van der Waals surface area (Å²) in [5.74, 6) is 0.434. The summed E-state index contributed by atoms with van der Waals surface area (Å²) in [6.07, 6.45) is 6.54. The van der Waals surface area contributed by atoms with E-state index in [0.29, 0.717) is 0 Å². The van der Waals surface area contributed by atoms with Crippen LogP contribution in [0.2, 0.25) is 0 Å². The first kappa shape index (κ1) is 23.7. The Labute approximate surface area is 193 Å². The third-order valence-electron chi connectivity index (χ3n) is 4.25. The van der Waals surface area contributed by atoms with Gasteiger partial charge in [0.25, 0.3) is 0 Å². The predicted molar refractivity (Wildman–Crippen MR) is 119 cm³/mol. The van der Waals surface area contributed by atoms with Crippen molar-refractivity contribution in [2.75, 3.05) is 0 Å². The fraction of sp³-hybridized carbons (Fsp3) is 0. The van der Waals surface area contributed by atoms with Crippen LogP contribution in [0, 0.1) is 24.0 Å². The van der Waals surface area contributed by atoms with Gasteiger partial charge in [0.2, 0.25) is 0 Å². The Bertz CT molecular complexity index is 984. The summed E-state index contributed by atoms with van der Waals surface area (Å²) in [7, 11) is -0.877. The van der Waals surface area contributed by atoms with Crippen LogP contribution in [0.3, 0.4) is 0 Å². The van der Waals surface area contributed by atoms with Gasteiger partial charge >= 0.3 is 22.4 Å². The average molecular weight is 597 g/mol. The fourth-order valence-electron chi connectivity index (χ4n) is 2.91. The Morgan fingerprint density at radius 2 is 1.00 bits per heavy atom. The van der Waals surface area contributed by atoms with Crippen molar-refractivity contribution in [2.45, 2.75) is 0 Å². The molecule has 0 amide bonds. The Morgan fingerprint density at radius 3 is 1.33 bits per heavy atom. The molecule has 152 valence electrons. The van der Waals surface area contributed by atoms with E-state index < -0.39 is 19.6 Å². The summed E-state index contributed by atoms with van der Waals surface area (Å²) in [6.45, 7) is 0. The van der Waals surface area contributed by atoms with Gasteiger partial charge in [0.15, 0.2) is 0 Å². The van der Waals surface area contributed by atoms with Crippen LogP contribution < -0.4 is 15.9 Å². The smallest absolute Gasteiger partial charge is 0.366 e. The number of halogens is 2. The minimum Gasteiger partial charge on any atom is -0.366 e. The fourth-order valence-corrected chi connectivity index (χ4v) is 5.48. The first-order valence-corrected chi connectivity index (χ1v) is 10.6. The summed E-state index contributed by atoms with van der Waals surface area (Å²) >= 11 is 0. The minimum absolute atomic E-state index is 0. The van der Waals surface area contributed by atoms with E-state index in [2.05, 4.69) is 91.0 Å². The summed E-state index contributed by atoms with van der Waals surface area (Å²) in [6, 6.07) is 35.5. The van der Waals surface area contributed by atoms with Crippen molar-refractivity contribution < 1.29 is 31.2 Å². The second-order valence-corrected chi connectivity index (χ2v) is 8.70. The van der Waals surface area contributed by atoms with Crippen LogP contribution in [-0.2, 0) is 22.4 Å². The second kappa shape index (κ2) is 12.2. The van der Waals surface area contributed by atoms with E-state index in [0.717, 1.165) is 18.2 Å². The van der Waals surface area contributed by atoms with Crippen LogP contribution >= 0.6 is 7.92 Å². The topological polar surface area (TPSA) is 0 Å². The molecule has 0 fully saturated rings. The van der Waals surface area contributed by atoms with Crippen molar-refractivity contribution in [2.24, 2.45) is 0 Å². The zero-order valence-electron chi connectivity index (χ0n) is 15.9. The van der Waals surface area contributed by atoms with E-state index in [1.165, 1.54) is 15.9 Å². The average Bonchev–Trinajstić information content (AvgIpc) is 2.77. The van der Waals surface area contributed by atoms with Crippen LogP contribution in [0.5, 0.6) is 0 Å². The van der Waals surface area contributed by atoms with Crippen LogP contribution in [0.1, 0.15) is 5.56 Å². The Kier molecular flexibility index (Phi) is 9.68. The number of hydrogen-bond donors (Lipinski definition) is 0. The Morgan fingerprint density at radius 1 is 0.600 bits per heavy atom. The maximum atomic E-state index is 12.4. The van der Waals surface area contributed by atoms with Crippen molar-refractivity contribution in [1.29, 1.82) is 0 Å². The maximum absolute atomic E-state index is 12.4. The molecule has 0 aromatic heterocycles. The summed E-state index contributed by atoms with van der Waals surface area (Å²) in [4.78, 5) is 0. The molecule has 4 heteroatoms. The molecule has 0 aliphatic rings. The molecule has 30 heavy (non-hydrogen) atoms. The molecule has 0 N–H and O–H groups in total. The molecule has 4 aromatic rings. The molecule has 0 aliphatic carbocycles. The van der Waals surface area contributed by atoms with Gasteiger partial charge in [-0.05, 0) is 48.5 Å². The molecule has 0 spiro atoms. The van der Waals surface area contributed by atoms with Gasteiger partial charge in [-0.15, -0.1) is 6.07 Å². The molecular formula is C26H19AuF2P+. The maximum Gasteiger partial charge on any atom is 1.00 e. The van der Waals surface area contributed by atoms with Crippen LogP contribution in [0.4, 0.5) is 8.78 Å². The van der Waals surface area contributed by atoms with Gasteiger partial charge in [0.1, 0.15) is 21.7 Å². The van der Waals surface area contributed by atoms with Crippen molar-refractivity contribution in [3.8, 4) is 5.92 Å². The monoisotopic (exact) mass is 597 g/mol. The number of rotatable bonds is 3. The zero-order valence-corrected chi connectivity index (χ0v) is 19.1. The van der Waals surface area contributed by atoms with Crippen molar-refractivity contribution in [3.05, 3.63) is 133 Å². The van der Waals surface area contributed by atoms with E-state index in [-0.39, 0.29) is 27.9 Å². The molecule has 0 radical (unpaired) electrons. The molecule has 0 saturated heterocycles. The quantitative estimate of drug-likeness (QED) is 0.134. The van der Waals surface area contributed by atoms with Gasteiger partial charge in [-0.25, -0.2) is 8.78 Å². The van der Waals surface area contributed by atoms with Crippen molar-refractivity contribution >= 4 is 23.8 Å². The van der Waals surface area contributed by atoms with E-state index in [1.54, 1.807) is 0 Å². The molecule has 0 bridgehead atoms. The molecule has 0 aliphatic heterocycles. The van der Waals surface area contributed by atoms with Crippen LogP contribution in [0.15, 0.2) is 109 Å². The van der Waals surface area contributed by atoms with E-state index in [9.17, 15) is 8.78 Å². The van der Waals surface area contributed by atoms with Gasteiger partial charge in [-0.2, -0.15) is 0 Å². The van der Waals surface area contributed by atoms with Crippen molar-refractivity contribution in [3.63, 3.8) is 0 Å². The molecule has 0 atom stereocenters. The molecule has 4 rings (SSSR count). The third-order valence-corrected chi connectivity index (χ3v) is 6.99. The largest absolute Gasteiger partial charge is 1.00 e. The molecule has 0 unspecified atom stereocenters. The molecule has 0 nitrogen and oxygen atoms in total. The van der Waals surface area contributed by atoms with Crippen LogP contribution in [-0.4, -0.2) is 0 Å². The SMILES string of the molecule is [Au+].[C-]#Cc1ccc(F)cc1F.c1ccc([PH+](c2ccccc2)c2ccccc2)cc1. The van der Waals surface area contributed by atoms with Gasteiger partial charge in [0, 0.05) is 0 Å². The molecular weight excluding hydrogens is 578 g/mol.